The lowest BCUT2D eigenvalue weighted by Crippen LogP contribution is -2.10. The number of para-hydroxylation sites is 2. The number of alkyl halides is 2. The molecule has 0 saturated heterocycles. The van der Waals surface area contributed by atoms with Gasteiger partial charge in [0.05, 0.1) is 12.7 Å². The van der Waals surface area contributed by atoms with Crippen LogP contribution in [0.25, 0.3) is 6.08 Å². The van der Waals surface area contributed by atoms with Crippen LogP contribution in [0.4, 0.5) is 8.78 Å². The number of benzene rings is 2. The van der Waals surface area contributed by atoms with Crippen molar-refractivity contribution in [2.75, 3.05) is 7.11 Å². The number of nitrogens with zero attached hydrogens (tertiary/aromatic N) is 1. The van der Waals surface area contributed by atoms with Crippen LogP contribution in [0.1, 0.15) is 11.1 Å². The predicted molar refractivity (Wildman–Crippen MR) is 95.8 cm³/mol. The van der Waals surface area contributed by atoms with Crippen molar-refractivity contribution in [2.45, 2.75) is 6.61 Å². The van der Waals surface area contributed by atoms with E-state index in [1.54, 1.807) is 25.3 Å². The van der Waals surface area contributed by atoms with Gasteiger partial charge in [-0.1, -0.05) is 42.5 Å². The SMILES string of the molecule is COc1ccccc1C=CC=C1N=C(c2ccccc2OC(F)F)OC1=O. The molecule has 0 amide bonds. The first-order chi connectivity index (χ1) is 13.1. The van der Waals surface area contributed by atoms with Crippen molar-refractivity contribution in [2.24, 2.45) is 4.99 Å². The molecule has 2 aromatic rings. The maximum atomic E-state index is 12.5. The highest BCUT2D eigenvalue weighted by atomic mass is 19.3. The van der Waals surface area contributed by atoms with E-state index in [1.165, 1.54) is 24.3 Å². The molecule has 1 aliphatic rings. The van der Waals surface area contributed by atoms with E-state index in [-0.39, 0.29) is 22.9 Å². The van der Waals surface area contributed by atoms with Gasteiger partial charge in [-0.05, 0) is 24.3 Å². The topological polar surface area (TPSA) is 57.1 Å². The average Bonchev–Trinajstić information content (AvgIpc) is 3.02. The highest BCUT2D eigenvalue weighted by Crippen LogP contribution is 2.26. The first-order valence-electron chi connectivity index (χ1n) is 7.95. The van der Waals surface area contributed by atoms with E-state index in [0.29, 0.717) is 5.75 Å². The van der Waals surface area contributed by atoms with Gasteiger partial charge in [-0.3, -0.25) is 0 Å². The van der Waals surface area contributed by atoms with E-state index in [4.69, 9.17) is 9.47 Å². The molecule has 0 N–H and O–H groups in total. The molecule has 0 fully saturated rings. The Labute approximate surface area is 154 Å². The number of allylic oxidation sites excluding steroid dienone is 2. The minimum absolute atomic E-state index is 0.0444. The van der Waals surface area contributed by atoms with E-state index >= 15 is 0 Å². The second kappa shape index (κ2) is 8.27. The fourth-order valence-electron chi connectivity index (χ4n) is 2.43. The van der Waals surface area contributed by atoms with Crippen LogP contribution in [0.2, 0.25) is 0 Å². The third-order valence-corrected chi connectivity index (χ3v) is 3.62. The number of hydrogen-bond donors (Lipinski definition) is 0. The predicted octanol–water partition coefficient (Wildman–Crippen LogP) is 4.20. The van der Waals surface area contributed by atoms with Crippen molar-refractivity contribution in [3.05, 3.63) is 77.5 Å². The van der Waals surface area contributed by atoms with Crippen LogP contribution in [-0.4, -0.2) is 25.6 Å². The summed E-state index contributed by atoms with van der Waals surface area (Å²) in [5.74, 6) is -0.206. The second-order valence-corrected chi connectivity index (χ2v) is 5.33. The Kier molecular flexibility index (Phi) is 5.61. The molecule has 2 aromatic carbocycles. The molecule has 138 valence electrons. The van der Waals surface area contributed by atoms with Crippen LogP contribution in [-0.2, 0) is 9.53 Å². The van der Waals surface area contributed by atoms with Crippen molar-refractivity contribution >= 4 is 17.9 Å². The van der Waals surface area contributed by atoms with Crippen LogP contribution in [0.5, 0.6) is 11.5 Å². The van der Waals surface area contributed by atoms with Crippen molar-refractivity contribution < 1.29 is 27.8 Å². The summed E-state index contributed by atoms with van der Waals surface area (Å²) in [7, 11) is 1.56. The van der Waals surface area contributed by atoms with Gasteiger partial charge >= 0.3 is 12.6 Å². The highest BCUT2D eigenvalue weighted by Gasteiger charge is 2.26. The molecule has 0 unspecified atom stereocenters. The van der Waals surface area contributed by atoms with Gasteiger partial charge in [0, 0.05) is 5.56 Å². The van der Waals surface area contributed by atoms with Crippen molar-refractivity contribution in [3.8, 4) is 11.5 Å². The third kappa shape index (κ3) is 4.38. The molecule has 0 spiro atoms. The Morgan fingerprint density at radius 2 is 1.78 bits per heavy atom. The Morgan fingerprint density at radius 3 is 2.52 bits per heavy atom. The van der Waals surface area contributed by atoms with E-state index in [0.717, 1.165) is 5.56 Å². The van der Waals surface area contributed by atoms with Gasteiger partial charge in [0.1, 0.15) is 11.5 Å². The molecule has 0 aliphatic carbocycles. The molecule has 27 heavy (non-hydrogen) atoms. The van der Waals surface area contributed by atoms with Crippen LogP contribution >= 0.6 is 0 Å². The number of methoxy groups -OCH3 is 1. The quantitative estimate of drug-likeness (QED) is 0.564. The first-order valence-corrected chi connectivity index (χ1v) is 7.95. The third-order valence-electron chi connectivity index (χ3n) is 3.62. The van der Waals surface area contributed by atoms with Crippen molar-refractivity contribution in [1.82, 2.24) is 0 Å². The number of halogens is 2. The van der Waals surface area contributed by atoms with Crippen LogP contribution in [0, 0.1) is 0 Å². The molecule has 1 aliphatic heterocycles. The largest absolute Gasteiger partial charge is 0.496 e. The Balaban J connectivity index is 1.84. The number of rotatable bonds is 6. The Hall–Kier alpha value is -3.48. The monoisotopic (exact) mass is 371 g/mol. The summed E-state index contributed by atoms with van der Waals surface area (Å²) >= 11 is 0. The van der Waals surface area contributed by atoms with Gasteiger partial charge < -0.3 is 14.2 Å². The van der Waals surface area contributed by atoms with Crippen LogP contribution < -0.4 is 9.47 Å². The maximum absolute atomic E-state index is 12.5. The number of cyclic esters (lactones) is 1. The maximum Gasteiger partial charge on any atom is 0.387 e. The molecule has 3 rings (SSSR count). The molecule has 0 aromatic heterocycles. The minimum Gasteiger partial charge on any atom is -0.496 e. The van der Waals surface area contributed by atoms with Gasteiger partial charge in [-0.15, -0.1) is 0 Å². The van der Waals surface area contributed by atoms with Crippen LogP contribution in [0.3, 0.4) is 0 Å². The Morgan fingerprint density at radius 1 is 1.07 bits per heavy atom. The molecule has 1 heterocycles. The van der Waals surface area contributed by atoms with E-state index in [9.17, 15) is 13.6 Å². The standard InChI is InChI=1S/C20H15F2NO4/c1-25-16-11-4-2-7-13(16)8-6-10-15-19(24)27-18(23-15)14-9-3-5-12-17(14)26-20(21)22/h2-12,20H,1H3. The molecule has 5 nitrogen and oxygen atoms in total. The number of aliphatic imine (C=N–C) groups is 1. The molecule has 0 saturated carbocycles. The lowest BCUT2D eigenvalue weighted by atomic mass is 10.2. The Bertz CT molecular complexity index is 935. The number of hydrogen-bond acceptors (Lipinski definition) is 5. The second-order valence-electron chi connectivity index (χ2n) is 5.33. The molecule has 0 radical (unpaired) electrons. The van der Waals surface area contributed by atoms with Gasteiger partial charge in [-0.25, -0.2) is 9.79 Å². The number of carbonyl (C=O) groups is 1. The summed E-state index contributed by atoms with van der Waals surface area (Å²) < 4.78 is 39.8. The molecule has 0 atom stereocenters. The zero-order chi connectivity index (χ0) is 19.2. The van der Waals surface area contributed by atoms with Gasteiger partial charge in [0.15, 0.2) is 5.70 Å². The zero-order valence-electron chi connectivity index (χ0n) is 14.3. The fourth-order valence-corrected chi connectivity index (χ4v) is 2.43. The molecular formula is C20H15F2NO4. The smallest absolute Gasteiger partial charge is 0.387 e. The number of carbonyl (C=O) groups excluding carboxylic acids is 1. The lowest BCUT2D eigenvalue weighted by Gasteiger charge is -2.08. The minimum atomic E-state index is -3.00. The highest BCUT2D eigenvalue weighted by molar-refractivity contribution is 6.12. The summed E-state index contributed by atoms with van der Waals surface area (Å²) in [6.07, 6.45) is 4.85. The van der Waals surface area contributed by atoms with E-state index in [2.05, 4.69) is 9.73 Å². The number of ether oxygens (including phenoxy) is 3. The molecule has 0 bridgehead atoms. The normalized spacial score (nSPS) is 15.3. The van der Waals surface area contributed by atoms with Gasteiger partial charge in [0.2, 0.25) is 5.90 Å². The summed E-state index contributed by atoms with van der Waals surface area (Å²) in [6.45, 7) is -3.00. The fraction of sp³-hybridized carbons (Fsp3) is 0.100. The van der Waals surface area contributed by atoms with E-state index in [1.807, 2.05) is 24.3 Å². The van der Waals surface area contributed by atoms with Crippen molar-refractivity contribution in [3.63, 3.8) is 0 Å². The summed E-state index contributed by atoms with van der Waals surface area (Å²) in [4.78, 5) is 16.1. The summed E-state index contributed by atoms with van der Waals surface area (Å²) in [5.41, 5.74) is 1.04. The average molecular weight is 371 g/mol. The first kappa shape index (κ1) is 18.3. The van der Waals surface area contributed by atoms with Crippen LogP contribution in [0.15, 0.2) is 71.4 Å². The zero-order valence-corrected chi connectivity index (χ0v) is 14.3. The number of esters is 1. The van der Waals surface area contributed by atoms with Gasteiger partial charge in [-0.2, -0.15) is 8.78 Å². The summed E-state index contributed by atoms with van der Waals surface area (Å²) in [5, 5.41) is 0. The molecular weight excluding hydrogens is 356 g/mol. The van der Waals surface area contributed by atoms with Gasteiger partial charge in [0.25, 0.3) is 0 Å². The summed E-state index contributed by atoms with van der Waals surface area (Å²) in [6, 6.07) is 13.3. The van der Waals surface area contributed by atoms with E-state index < -0.39 is 12.6 Å². The molecule has 7 heteroatoms. The lowest BCUT2D eigenvalue weighted by molar-refractivity contribution is -0.130. The van der Waals surface area contributed by atoms with Crippen molar-refractivity contribution in [1.29, 1.82) is 0 Å².